The highest BCUT2D eigenvalue weighted by atomic mass is 35.5. The molecule has 1 N–H and O–H groups in total. The van der Waals surface area contributed by atoms with Crippen molar-refractivity contribution < 1.29 is 14.3 Å². The molecule has 0 saturated heterocycles. The third-order valence-electron chi connectivity index (χ3n) is 4.79. The Morgan fingerprint density at radius 3 is 2.88 bits per heavy atom. The molecule has 0 fully saturated rings. The summed E-state index contributed by atoms with van der Waals surface area (Å²) in [7, 11) is 0. The molecule has 2 aromatic carbocycles. The highest BCUT2D eigenvalue weighted by Gasteiger charge is 2.30. The minimum absolute atomic E-state index is 0.0672. The molecule has 0 spiro atoms. The molecule has 1 unspecified atom stereocenters. The molecule has 130 valence electrons. The van der Waals surface area contributed by atoms with Crippen molar-refractivity contribution >= 4 is 17.7 Å². The first-order chi connectivity index (χ1) is 12.2. The number of halogens is 1. The summed E-state index contributed by atoms with van der Waals surface area (Å²) in [6.07, 6.45) is 3.45. The Labute approximate surface area is 152 Å². The molecular formula is C20H20ClNO3. The van der Waals surface area contributed by atoms with Gasteiger partial charge in [0.05, 0.1) is 6.54 Å². The summed E-state index contributed by atoms with van der Waals surface area (Å²) in [5, 5.41) is 3.65. The number of alkyl carbamates (subject to hydrolysis) is 1. The van der Waals surface area contributed by atoms with Crippen molar-refractivity contribution in [2.75, 3.05) is 6.54 Å². The molecule has 0 aromatic heterocycles. The Balaban J connectivity index is 1.30. The molecule has 25 heavy (non-hydrogen) atoms. The summed E-state index contributed by atoms with van der Waals surface area (Å²) in [5.74, 6) is 0.987. The van der Waals surface area contributed by atoms with Crippen LogP contribution in [0.4, 0.5) is 4.79 Å². The molecule has 5 heteroatoms. The number of hydrogen-bond acceptors (Lipinski definition) is 3. The Morgan fingerprint density at radius 1 is 1.24 bits per heavy atom. The molecule has 1 aliphatic heterocycles. The molecular weight excluding hydrogens is 338 g/mol. The van der Waals surface area contributed by atoms with E-state index < -0.39 is 6.09 Å². The van der Waals surface area contributed by atoms with Gasteiger partial charge in [-0.1, -0.05) is 41.9 Å². The lowest BCUT2D eigenvalue weighted by molar-refractivity contribution is 0.133. The first-order valence-electron chi connectivity index (χ1n) is 8.65. The molecule has 1 atom stereocenters. The van der Waals surface area contributed by atoms with Gasteiger partial charge in [-0.05, 0) is 47.6 Å². The highest BCUT2D eigenvalue weighted by molar-refractivity contribution is 6.31. The highest BCUT2D eigenvalue weighted by Crippen LogP contribution is 2.42. The average Bonchev–Trinajstić information content (AvgIpc) is 3.26. The first kappa shape index (κ1) is 16.3. The number of carbonyl (C=O) groups is 1. The van der Waals surface area contributed by atoms with Crippen molar-refractivity contribution in [1.82, 2.24) is 5.32 Å². The second kappa shape index (κ2) is 6.96. The molecule has 2 aromatic rings. The second-order valence-electron chi connectivity index (χ2n) is 6.54. The number of rotatable bonds is 4. The number of hydrogen-bond donors (Lipinski definition) is 1. The number of amides is 1. The van der Waals surface area contributed by atoms with Crippen LogP contribution in [0.1, 0.15) is 28.7 Å². The third-order valence-corrected chi connectivity index (χ3v) is 5.13. The van der Waals surface area contributed by atoms with E-state index in [4.69, 9.17) is 21.1 Å². The maximum absolute atomic E-state index is 11.9. The minimum Gasteiger partial charge on any atom is -0.488 e. The number of benzene rings is 2. The van der Waals surface area contributed by atoms with Crippen LogP contribution in [0, 0.1) is 0 Å². The number of ether oxygens (including phenoxy) is 2. The van der Waals surface area contributed by atoms with Crippen molar-refractivity contribution in [3.05, 3.63) is 63.7 Å². The van der Waals surface area contributed by atoms with Crippen LogP contribution in [0.2, 0.25) is 5.02 Å². The monoisotopic (exact) mass is 357 g/mol. The van der Waals surface area contributed by atoms with Gasteiger partial charge in [0.2, 0.25) is 0 Å². The zero-order valence-electron chi connectivity index (χ0n) is 13.9. The Hall–Kier alpha value is -2.20. The average molecular weight is 358 g/mol. The fraction of sp³-hybridized carbons (Fsp3) is 0.350. The Morgan fingerprint density at radius 2 is 2.04 bits per heavy atom. The van der Waals surface area contributed by atoms with Crippen LogP contribution in [-0.2, 0) is 30.6 Å². The SMILES string of the molecule is O=C(NCC1Cc2cc(Cl)c3c(c2O1)CCC3)OCc1ccccc1. The largest absolute Gasteiger partial charge is 0.488 e. The fourth-order valence-electron chi connectivity index (χ4n) is 3.59. The molecule has 0 radical (unpaired) electrons. The Bertz CT molecular complexity index is 791. The van der Waals surface area contributed by atoms with E-state index in [9.17, 15) is 4.79 Å². The van der Waals surface area contributed by atoms with Crippen LogP contribution in [0.5, 0.6) is 5.75 Å². The quantitative estimate of drug-likeness (QED) is 0.897. The predicted octanol–water partition coefficient (Wildman–Crippen LogP) is 4.06. The van der Waals surface area contributed by atoms with Crippen LogP contribution in [0.25, 0.3) is 0 Å². The first-order valence-corrected chi connectivity index (χ1v) is 9.03. The molecule has 1 amide bonds. The van der Waals surface area contributed by atoms with Crippen molar-refractivity contribution in [3.8, 4) is 5.75 Å². The van der Waals surface area contributed by atoms with Crippen LogP contribution < -0.4 is 10.1 Å². The van der Waals surface area contributed by atoms with Crippen molar-refractivity contribution in [2.24, 2.45) is 0 Å². The normalized spacial score (nSPS) is 17.6. The Kier molecular flexibility index (Phi) is 4.53. The molecule has 4 nitrogen and oxygen atoms in total. The van der Waals surface area contributed by atoms with Gasteiger partial charge in [-0.25, -0.2) is 4.79 Å². The zero-order chi connectivity index (χ0) is 17.2. The van der Waals surface area contributed by atoms with Crippen molar-refractivity contribution in [2.45, 2.75) is 38.4 Å². The van der Waals surface area contributed by atoms with E-state index in [1.165, 1.54) is 11.1 Å². The van der Waals surface area contributed by atoms with E-state index in [-0.39, 0.29) is 12.7 Å². The van der Waals surface area contributed by atoms with E-state index >= 15 is 0 Å². The maximum Gasteiger partial charge on any atom is 0.407 e. The van der Waals surface area contributed by atoms with E-state index in [0.29, 0.717) is 6.54 Å². The fourth-order valence-corrected chi connectivity index (χ4v) is 3.93. The predicted molar refractivity (Wildman–Crippen MR) is 96.2 cm³/mol. The number of carbonyl (C=O) groups excluding carboxylic acids is 1. The summed E-state index contributed by atoms with van der Waals surface area (Å²) in [5.41, 5.74) is 4.61. The molecule has 1 heterocycles. The second-order valence-corrected chi connectivity index (χ2v) is 6.95. The van der Waals surface area contributed by atoms with Gasteiger partial charge in [0.1, 0.15) is 18.5 Å². The maximum atomic E-state index is 11.9. The summed E-state index contributed by atoms with van der Waals surface area (Å²) in [4.78, 5) is 11.9. The summed E-state index contributed by atoms with van der Waals surface area (Å²) < 4.78 is 11.3. The van der Waals surface area contributed by atoms with Crippen molar-refractivity contribution in [3.63, 3.8) is 0 Å². The lowest BCUT2D eigenvalue weighted by Crippen LogP contribution is -2.34. The third kappa shape index (κ3) is 3.45. The smallest absolute Gasteiger partial charge is 0.407 e. The topological polar surface area (TPSA) is 47.6 Å². The lowest BCUT2D eigenvalue weighted by Gasteiger charge is -2.13. The molecule has 0 bridgehead atoms. The molecule has 4 rings (SSSR count). The van der Waals surface area contributed by atoms with Crippen LogP contribution in [0.15, 0.2) is 36.4 Å². The molecule has 0 saturated carbocycles. The van der Waals surface area contributed by atoms with Gasteiger partial charge in [-0.3, -0.25) is 0 Å². The van der Waals surface area contributed by atoms with E-state index in [0.717, 1.165) is 47.6 Å². The summed E-state index contributed by atoms with van der Waals surface area (Å²) >= 11 is 6.38. The van der Waals surface area contributed by atoms with E-state index in [1.807, 2.05) is 36.4 Å². The molecule has 1 aliphatic carbocycles. The van der Waals surface area contributed by atoms with E-state index in [1.54, 1.807) is 0 Å². The molecule has 2 aliphatic rings. The summed E-state index contributed by atoms with van der Waals surface area (Å²) in [6.45, 7) is 0.691. The van der Waals surface area contributed by atoms with Crippen LogP contribution in [-0.4, -0.2) is 18.7 Å². The van der Waals surface area contributed by atoms with Gasteiger partial charge < -0.3 is 14.8 Å². The number of fused-ring (bicyclic) bond motifs is 3. The zero-order valence-corrected chi connectivity index (χ0v) is 14.6. The van der Waals surface area contributed by atoms with Gasteiger partial charge >= 0.3 is 6.09 Å². The van der Waals surface area contributed by atoms with E-state index in [2.05, 4.69) is 5.32 Å². The van der Waals surface area contributed by atoms with Gasteiger partial charge in [-0.15, -0.1) is 0 Å². The van der Waals surface area contributed by atoms with Gasteiger partial charge in [0.15, 0.2) is 0 Å². The van der Waals surface area contributed by atoms with Crippen LogP contribution in [0.3, 0.4) is 0 Å². The minimum atomic E-state index is -0.424. The van der Waals surface area contributed by atoms with Crippen LogP contribution >= 0.6 is 11.6 Å². The standard InChI is InChI=1S/C20H20ClNO3/c21-18-10-14-9-15(25-19(14)17-8-4-7-16(17)18)11-22-20(23)24-12-13-5-2-1-3-6-13/h1-3,5-6,10,15H,4,7-9,11-12H2,(H,22,23). The van der Waals surface area contributed by atoms with Crippen molar-refractivity contribution in [1.29, 1.82) is 0 Å². The number of nitrogens with one attached hydrogen (secondary N) is 1. The van der Waals surface area contributed by atoms with Gasteiger partial charge in [-0.2, -0.15) is 0 Å². The van der Waals surface area contributed by atoms with Gasteiger partial charge in [0.25, 0.3) is 0 Å². The van der Waals surface area contributed by atoms with Gasteiger partial charge in [0, 0.05) is 11.4 Å². The summed E-state index contributed by atoms with van der Waals surface area (Å²) in [6, 6.07) is 11.6. The lowest BCUT2D eigenvalue weighted by atomic mass is 10.0.